The molecule has 4 rings (SSSR count). The number of rotatable bonds is 9. The van der Waals surface area contributed by atoms with Gasteiger partial charge in [0.15, 0.2) is 0 Å². The summed E-state index contributed by atoms with van der Waals surface area (Å²) in [7, 11) is 0. The van der Waals surface area contributed by atoms with Crippen molar-refractivity contribution in [1.82, 2.24) is 9.13 Å². The molecule has 1 aromatic heterocycles. The van der Waals surface area contributed by atoms with Crippen molar-refractivity contribution in [3.8, 4) is 0 Å². The van der Waals surface area contributed by atoms with E-state index >= 15 is 0 Å². The molecule has 4 aromatic rings. The van der Waals surface area contributed by atoms with Gasteiger partial charge in [-0.1, -0.05) is 47.5 Å². The van der Waals surface area contributed by atoms with Crippen LogP contribution in [-0.4, -0.2) is 20.9 Å². The minimum absolute atomic E-state index is 0.125. The topological polar surface area (TPSA) is 102 Å². The predicted molar refractivity (Wildman–Crippen MR) is 146 cm³/mol. The summed E-state index contributed by atoms with van der Waals surface area (Å²) in [4.78, 5) is 51.4. The van der Waals surface area contributed by atoms with E-state index in [0.717, 1.165) is 21.4 Å². The first-order chi connectivity index (χ1) is 17.8. The number of carbonyl (C=O) groups excluding carboxylic acids is 2. The molecule has 0 bridgehead atoms. The summed E-state index contributed by atoms with van der Waals surface area (Å²) >= 11 is 0. The number of benzene rings is 3. The molecule has 0 spiro atoms. The number of hydrogen-bond donors (Lipinski definition) is 2. The Bertz CT molecular complexity index is 1530. The summed E-state index contributed by atoms with van der Waals surface area (Å²) in [6.45, 7) is 3.86. The van der Waals surface area contributed by atoms with E-state index in [1.807, 2.05) is 50.2 Å². The molecule has 0 unspecified atom stereocenters. The molecule has 2 N–H and O–H groups in total. The SMILES string of the molecule is Cc1ccc(NC(=O)CCCCn2c(=O)c3ccccc3n(CC(=O)Nc3ccc(C)cc3)c2=O)cc1. The van der Waals surface area contributed by atoms with Gasteiger partial charge in [0, 0.05) is 24.3 Å². The zero-order chi connectivity index (χ0) is 26.4. The number of nitrogens with zero attached hydrogens (tertiary/aromatic N) is 2. The van der Waals surface area contributed by atoms with Gasteiger partial charge in [0.2, 0.25) is 11.8 Å². The van der Waals surface area contributed by atoms with Gasteiger partial charge in [0.1, 0.15) is 6.54 Å². The number of hydrogen-bond acceptors (Lipinski definition) is 4. The van der Waals surface area contributed by atoms with Crippen molar-refractivity contribution in [3.63, 3.8) is 0 Å². The molecular formula is C29H30N4O4. The minimum Gasteiger partial charge on any atom is -0.326 e. The number of nitrogens with one attached hydrogen (secondary N) is 2. The number of carbonyl (C=O) groups is 2. The van der Waals surface area contributed by atoms with Crippen LogP contribution < -0.4 is 21.9 Å². The Labute approximate surface area is 214 Å². The van der Waals surface area contributed by atoms with E-state index in [4.69, 9.17) is 0 Å². The molecule has 37 heavy (non-hydrogen) atoms. The number of anilines is 2. The Balaban J connectivity index is 1.46. The fraction of sp³-hybridized carbons (Fsp3) is 0.241. The van der Waals surface area contributed by atoms with Crippen LogP contribution in [0.1, 0.15) is 30.4 Å². The third kappa shape index (κ3) is 6.41. The van der Waals surface area contributed by atoms with Crippen molar-refractivity contribution < 1.29 is 9.59 Å². The molecule has 0 saturated carbocycles. The van der Waals surface area contributed by atoms with Gasteiger partial charge in [-0.25, -0.2) is 4.79 Å². The number of aryl methyl sites for hydroxylation is 2. The molecule has 0 aliphatic carbocycles. The summed E-state index contributed by atoms with van der Waals surface area (Å²) in [5.74, 6) is -0.492. The van der Waals surface area contributed by atoms with Crippen LogP contribution in [0.15, 0.2) is 82.4 Å². The van der Waals surface area contributed by atoms with Gasteiger partial charge < -0.3 is 10.6 Å². The highest BCUT2D eigenvalue weighted by Crippen LogP contribution is 2.12. The van der Waals surface area contributed by atoms with E-state index < -0.39 is 11.2 Å². The summed E-state index contributed by atoms with van der Waals surface area (Å²) in [5, 5.41) is 6.01. The Morgan fingerprint density at radius 3 is 1.89 bits per heavy atom. The molecule has 0 aliphatic heterocycles. The first kappa shape index (κ1) is 25.6. The van der Waals surface area contributed by atoms with Crippen LogP contribution >= 0.6 is 0 Å². The first-order valence-corrected chi connectivity index (χ1v) is 12.3. The lowest BCUT2D eigenvalue weighted by molar-refractivity contribution is -0.117. The molecular weight excluding hydrogens is 468 g/mol. The monoisotopic (exact) mass is 498 g/mol. The molecule has 2 amide bonds. The van der Waals surface area contributed by atoms with Crippen LogP contribution in [0.4, 0.5) is 11.4 Å². The van der Waals surface area contributed by atoms with Gasteiger partial charge in [-0.2, -0.15) is 0 Å². The summed E-state index contributed by atoms with van der Waals surface area (Å²) in [5.41, 5.74) is 2.99. The molecule has 8 nitrogen and oxygen atoms in total. The first-order valence-electron chi connectivity index (χ1n) is 12.3. The van der Waals surface area contributed by atoms with E-state index in [9.17, 15) is 19.2 Å². The normalized spacial score (nSPS) is 10.9. The fourth-order valence-corrected chi connectivity index (χ4v) is 4.12. The van der Waals surface area contributed by atoms with Crippen molar-refractivity contribution in [1.29, 1.82) is 0 Å². The average molecular weight is 499 g/mol. The van der Waals surface area contributed by atoms with E-state index in [0.29, 0.717) is 29.4 Å². The number of unbranched alkanes of at least 4 members (excludes halogenated alkanes) is 1. The second-order valence-corrected chi connectivity index (χ2v) is 9.13. The van der Waals surface area contributed by atoms with E-state index in [2.05, 4.69) is 10.6 Å². The molecule has 0 radical (unpaired) electrons. The number of aromatic nitrogens is 2. The van der Waals surface area contributed by atoms with Crippen molar-refractivity contribution in [3.05, 3.63) is 105 Å². The van der Waals surface area contributed by atoms with Gasteiger partial charge in [0.25, 0.3) is 5.56 Å². The maximum Gasteiger partial charge on any atom is 0.331 e. The van der Waals surface area contributed by atoms with Gasteiger partial charge in [-0.3, -0.25) is 23.5 Å². The number of para-hydroxylation sites is 1. The zero-order valence-corrected chi connectivity index (χ0v) is 21.0. The van der Waals surface area contributed by atoms with Crippen LogP contribution in [0.3, 0.4) is 0 Å². The van der Waals surface area contributed by atoms with E-state index in [1.54, 1.807) is 36.4 Å². The zero-order valence-electron chi connectivity index (χ0n) is 21.0. The van der Waals surface area contributed by atoms with Crippen LogP contribution in [0, 0.1) is 13.8 Å². The number of fused-ring (bicyclic) bond motifs is 1. The maximum atomic E-state index is 13.3. The lowest BCUT2D eigenvalue weighted by Gasteiger charge is -2.14. The van der Waals surface area contributed by atoms with Gasteiger partial charge in [-0.05, 0) is 63.1 Å². The average Bonchev–Trinajstić information content (AvgIpc) is 2.89. The molecule has 1 heterocycles. The smallest absolute Gasteiger partial charge is 0.326 e. The van der Waals surface area contributed by atoms with Crippen molar-refractivity contribution in [2.45, 2.75) is 46.2 Å². The quantitative estimate of drug-likeness (QED) is 0.337. The van der Waals surface area contributed by atoms with Crippen molar-refractivity contribution in [2.75, 3.05) is 10.6 Å². The third-order valence-electron chi connectivity index (χ3n) is 6.14. The standard InChI is InChI=1S/C29H30N4O4/c1-20-10-14-22(15-11-20)30-26(34)9-5-6-18-32-28(36)24-7-3-4-8-25(24)33(29(32)37)19-27(35)31-23-16-12-21(2)13-17-23/h3-4,7-8,10-17H,5-6,9,18-19H2,1-2H3,(H,30,34)(H,31,35). The van der Waals surface area contributed by atoms with Crippen LogP contribution in [0.2, 0.25) is 0 Å². The molecule has 190 valence electrons. The van der Waals surface area contributed by atoms with E-state index in [1.165, 1.54) is 4.57 Å². The molecule has 0 fully saturated rings. The second kappa shape index (κ2) is 11.5. The number of amides is 2. The largest absolute Gasteiger partial charge is 0.331 e. The molecule has 3 aromatic carbocycles. The molecule has 0 aliphatic rings. The van der Waals surface area contributed by atoms with Crippen LogP contribution in [0.25, 0.3) is 10.9 Å². The van der Waals surface area contributed by atoms with Crippen molar-refractivity contribution in [2.24, 2.45) is 0 Å². The molecule has 8 heteroatoms. The Hall–Kier alpha value is -4.46. The lowest BCUT2D eigenvalue weighted by Crippen LogP contribution is -2.41. The summed E-state index contributed by atoms with van der Waals surface area (Å²) in [6.07, 6.45) is 1.23. The lowest BCUT2D eigenvalue weighted by atomic mass is 10.2. The summed E-state index contributed by atoms with van der Waals surface area (Å²) in [6, 6.07) is 21.7. The summed E-state index contributed by atoms with van der Waals surface area (Å²) < 4.78 is 2.48. The Morgan fingerprint density at radius 2 is 1.27 bits per heavy atom. The fourth-order valence-electron chi connectivity index (χ4n) is 4.12. The third-order valence-corrected chi connectivity index (χ3v) is 6.14. The highest BCUT2D eigenvalue weighted by Gasteiger charge is 2.15. The van der Waals surface area contributed by atoms with Gasteiger partial charge >= 0.3 is 5.69 Å². The second-order valence-electron chi connectivity index (χ2n) is 9.13. The Morgan fingerprint density at radius 1 is 0.703 bits per heavy atom. The van der Waals surface area contributed by atoms with Crippen LogP contribution in [-0.2, 0) is 22.7 Å². The van der Waals surface area contributed by atoms with E-state index in [-0.39, 0.29) is 31.3 Å². The molecule has 0 atom stereocenters. The van der Waals surface area contributed by atoms with Gasteiger partial charge in [0.05, 0.1) is 10.9 Å². The van der Waals surface area contributed by atoms with Crippen LogP contribution in [0.5, 0.6) is 0 Å². The Kier molecular flexibility index (Phi) is 7.98. The minimum atomic E-state index is -0.549. The maximum absolute atomic E-state index is 13.3. The highest BCUT2D eigenvalue weighted by molar-refractivity contribution is 5.92. The van der Waals surface area contributed by atoms with Gasteiger partial charge in [-0.15, -0.1) is 0 Å². The highest BCUT2D eigenvalue weighted by atomic mass is 16.2. The molecule has 0 saturated heterocycles. The predicted octanol–water partition coefficient (Wildman–Crippen LogP) is 4.23. The van der Waals surface area contributed by atoms with Crippen molar-refractivity contribution >= 4 is 34.1 Å².